The average Bonchev–Trinajstić information content (AvgIpc) is 2.36. The van der Waals surface area contributed by atoms with Crippen LogP contribution >= 0.6 is 0 Å². The van der Waals surface area contributed by atoms with Crippen LogP contribution in [0.3, 0.4) is 0 Å². The maximum atomic E-state index is 9.03. The first-order chi connectivity index (χ1) is 8.31. The number of hydrogen-bond acceptors (Lipinski definition) is 4. The van der Waals surface area contributed by atoms with Crippen molar-refractivity contribution in [3.63, 3.8) is 0 Å². The Hall–Kier alpha value is -1.39. The van der Waals surface area contributed by atoms with Gasteiger partial charge >= 0.3 is 0 Å². The standard InChI is InChI=1S/C13H21N3O/c1-3-7-16(8-9-17)13-5-6-15-12(10-13)11-14-4-2/h3,5-6,10,14,17H,1,4,7-9,11H2,2H3. The van der Waals surface area contributed by atoms with Crippen LogP contribution in [0.25, 0.3) is 0 Å². The summed E-state index contributed by atoms with van der Waals surface area (Å²) < 4.78 is 0. The van der Waals surface area contributed by atoms with Crippen molar-refractivity contribution in [3.8, 4) is 0 Å². The zero-order chi connectivity index (χ0) is 12.5. The van der Waals surface area contributed by atoms with Crippen LogP contribution in [0, 0.1) is 0 Å². The van der Waals surface area contributed by atoms with Crippen LogP contribution in [0.15, 0.2) is 31.0 Å². The molecule has 0 aliphatic heterocycles. The smallest absolute Gasteiger partial charge is 0.0606 e. The molecule has 1 heterocycles. The third-order valence-corrected chi connectivity index (χ3v) is 2.44. The van der Waals surface area contributed by atoms with Gasteiger partial charge in [0.05, 0.1) is 12.3 Å². The van der Waals surface area contributed by atoms with Crippen LogP contribution in [0.4, 0.5) is 5.69 Å². The van der Waals surface area contributed by atoms with Gasteiger partial charge in [0.1, 0.15) is 0 Å². The van der Waals surface area contributed by atoms with E-state index in [0.717, 1.165) is 31.0 Å². The summed E-state index contributed by atoms with van der Waals surface area (Å²) in [5.41, 5.74) is 2.08. The van der Waals surface area contributed by atoms with Crippen molar-refractivity contribution in [1.82, 2.24) is 10.3 Å². The van der Waals surface area contributed by atoms with Gasteiger partial charge in [-0.1, -0.05) is 13.0 Å². The fraction of sp³-hybridized carbons (Fsp3) is 0.462. The molecule has 0 aliphatic rings. The summed E-state index contributed by atoms with van der Waals surface area (Å²) in [4.78, 5) is 6.38. The molecule has 0 spiro atoms. The number of aliphatic hydroxyl groups excluding tert-OH is 1. The van der Waals surface area contributed by atoms with E-state index in [1.807, 2.05) is 18.2 Å². The fourth-order valence-corrected chi connectivity index (χ4v) is 1.61. The predicted molar refractivity (Wildman–Crippen MR) is 71.1 cm³/mol. The van der Waals surface area contributed by atoms with Gasteiger partial charge in [-0.25, -0.2) is 0 Å². The van der Waals surface area contributed by atoms with Gasteiger partial charge in [0.25, 0.3) is 0 Å². The van der Waals surface area contributed by atoms with Gasteiger partial charge < -0.3 is 15.3 Å². The molecule has 4 nitrogen and oxygen atoms in total. The van der Waals surface area contributed by atoms with E-state index in [9.17, 15) is 0 Å². The van der Waals surface area contributed by atoms with E-state index in [4.69, 9.17) is 5.11 Å². The molecular weight excluding hydrogens is 214 g/mol. The Kier molecular flexibility index (Phi) is 6.29. The zero-order valence-electron chi connectivity index (χ0n) is 10.4. The summed E-state index contributed by atoms with van der Waals surface area (Å²) in [6.45, 7) is 8.97. The molecule has 0 unspecified atom stereocenters. The topological polar surface area (TPSA) is 48.4 Å². The van der Waals surface area contributed by atoms with Crippen LogP contribution in [0.1, 0.15) is 12.6 Å². The quantitative estimate of drug-likeness (QED) is 0.664. The van der Waals surface area contributed by atoms with Gasteiger partial charge in [0, 0.05) is 31.5 Å². The molecule has 0 atom stereocenters. The summed E-state index contributed by atoms with van der Waals surface area (Å²) >= 11 is 0. The first-order valence-electron chi connectivity index (χ1n) is 5.94. The first kappa shape index (κ1) is 13.7. The summed E-state index contributed by atoms with van der Waals surface area (Å²) in [5.74, 6) is 0. The highest BCUT2D eigenvalue weighted by Crippen LogP contribution is 2.14. The lowest BCUT2D eigenvalue weighted by molar-refractivity contribution is 0.303. The Bertz CT molecular complexity index is 341. The van der Waals surface area contributed by atoms with Crippen LogP contribution in [0.2, 0.25) is 0 Å². The molecule has 94 valence electrons. The third-order valence-electron chi connectivity index (χ3n) is 2.44. The summed E-state index contributed by atoms with van der Waals surface area (Å²) in [7, 11) is 0. The number of aromatic nitrogens is 1. The van der Waals surface area contributed by atoms with Gasteiger partial charge in [-0.2, -0.15) is 0 Å². The molecule has 1 aromatic rings. The number of aliphatic hydroxyl groups is 1. The number of pyridine rings is 1. The molecule has 1 aromatic heterocycles. The number of anilines is 1. The van der Waals surface area contributed by atoms with Gasteiger partial charge in [-0.05, 0) is 18.7 Å². The molecule has 0 aliphatic carbocycles. The second kappa shape index (κ2) is 7.81. The Balaban J connectivity index is 2.75. The number of hydrogen-bond donors (Lipinski definition) is 2. The average molecular weight is 235 g/mol. The predicted octanol–water partition coefficient (Wildman–Crippen LogP) is 1.18. The van der Waals surface area contributed by atoms with Crippen molar-refractivity contribution < 1.29 is 5.11 Å². The molecule has 0 aromatic carbocycles. The minimum Gasteiger partial charge on any atom is -0.395 e. The lowest BCUT2D eigenvalue weighted by Crippen LogP contribution is -2.27. The van der Waals surface area contributed by atoms with Gasteiger partial charge in [0.2, 0.25) is 0 Å². The van der Waals surface area contributed by atoms with E-state index in [1.54, 1.807) is 6.20 Å². The van der Waals surface area contributed by atoms with Gasteiger partial charge in [0.15, 0.2) is 0 Å². The monoisotopic (exact) mass is 235 g/mol. The lowest BCUT2D eigenvalue weighted by atomic mass is 10.2. The Labute approximate surface area is 103 Å². The van der Waals surface area contributed by atoms with Crippen molar-refractivity contribution in [1.29, 1.82) is 0 Å². The van der Waals surface area contributed by atoms with Crippen molar-refractivity contribution >= 4 is 5.69 Å². The first-order valence-corrected chi connectivity index (χ1v) is 5.94. The van der Waals surface area contributed by atoms with Crippen molar-refractivity contribution in [2.24, 2.45) is 0 Å². The third kappa shape index (κ3) is 4.54. The van der Waals surface area contributed by atoms with Gasteiger partial charge in [-0.15, -0.1) is 6.58 Å². The van der Waals surface area contributed by atoms with E-state index >= 15 is 0 Å². The molecule has 2 N–H and O–H groups in total. The maximum Gasteiger partial charge on any atom is 0.0606 e. The Morgan fingerprint density at radius 1 is 1.59 bits per heavy atom. The van der Waals surface area contributed by atoms with E-state index in [0.29, 0.717) is 6.54 Å². The fourth-order valence-electron chi connectivity index (χ4n) is 1.61. The van der Waals surface area contributed by atoms with Gasteiger partial charge in [-0.3, -0.25) is 4.98 Å². The summed E-state index contributed by atoms with van der Waals surface area (Å²) in [6.07, 6.45) is 3.63. The molecule has 1 rings (SSSR count). The minimum atomic E-state index is 0.138. The van der Waals surface area contributed by atoms with Crippen molar-refractivity contribution in [3.05, 3.63) is 36.7 Å². The largest absolute Gasteiger partial charge is 0.395 e. The van der Waals surface area contributed by atoms with Crippen LogP contribution in [-0.2, 0) is 6.54 Å². The highest BCUT2D eigenvalue weighted by molar-refractivity contribution is 5.47. The summed E-state index contributed by atoms with van der Waals surface area (Å²) in [6, 6.07) is 4.00. The van der Waals surface area contributed by atoms with E-state index in [2.05, 4.69) is 28.7 Å². The van der Waals surface area contributed by atoms with Crippen LogP contribution < -0.4 is 10.2 Å². The molecule has 17 heavy (non-hydrogen) atoms. The number of nitrogens with zero attached hydrogens (tertiary/aromatic N) is 2. The lowest BCUT2D eigenvalue weighted by Gasteiger charge is -2.22. The van der Waals surface area contributed by atoms with E-state index < -0.39 is 0 Å². The molecule has 0 fully saturated rings. The van der Waals surface area contributed by atoms with Crippen molar-refractivity contribution in [2.75, 3.05) is 31.1 Å². The molecular formula is C13H21N3O. The maximum absolute atomic E-state index is 9.03. The highest BCUT2D eigenvalue weighted by atomic mass is 16.3. The van der Waals surface area contributed by atoms with Crippen LogP contribution in [0.5, 0.6) is 0 Å². The van der Waals surface area contributed by atoms with E-state index in [1.165, 1.54) is 0 Å². The van der Waals surface area contributed by atoms with Crippen LogP contribution in [-0.4, -0.2) is 36.3 Å². The molecule has 4 heteroatoms. The molecule has 0 saturated heterocycles. The second-order valence-electron chi connectivity index (χ2n) is 3.74. The normalized spacial score (nSPS) is 10.2. The SMILES string of the molecule is C=CCN(CCO)c1ccnc(CNCC)c1. The molecule has 0 saturated carbocycles. The Morgan fingerprint density at radius 3 is 3.06 bits per heavy atom. The molecule has 0 amide bonds. The van der Waals surface area contributed by atoms with Crippen molar-refractivity contribution in [2.45, 2.75) is 13.5 Å². The second-order valence-corrected chi connectivity index (χ2v) is 3.74. The van der Waals surface area contributed by atoms with E-state index in [-0.39, 0.29) is 6.61 Å². The zero-order valence-corrected chi connectivity index (χ0v) is 10.4. The number of rotatable bonds is 8. The minimum absolute atomic E-state index is 0.138. The molecule has 0 bridgehead atoms. The highest BCUT2D eigenvalue weighted by Gasteiger charge is 2.05. The molecule has 0 radical (unpaired) electrons. The number of nitrogens with one attached hydrogen (secondary N) is 1. The Morgan fingerprint density at radius 2 is 2.41 bits per heavy atom. The summed E-state index contributed by atoms with van der Waals surface area (Å²) in [5, 5.41) is 12.3.